The topological polar surface area (TPSA) is 42.0 Å². The number of hydrogen-bond donors (Lipinski definition) is 1. The highest BCUT2D eigenvalue weighted by atomic mass is 79.9. The van der Waals surface area contributed by atoms with Crippen LogP contribution in [0.5, 0.6) is 0 Å². The zero-order valence-electron chi connectivity index (χ0n) is 10.8. The molecule has 1 heterocycles. The number of thiazole rings is 1. The van der Waals surface area contributed by atoms with Crippen LogP contribution in [-0.4, -0.2) is 10.9 Å². The highest BCUT2D eigenvalue weighted by Crippen LogP contribution is 2.33. The predicted molar refractivity (Wildman–Crippen MR) is 77.2 cm³/mol. The maximum Gasteiger partial charge on any atom is 0.417 e. The minimum Gasteiger partial charge on any atom is -0.347 e. The van der Waals surface area contributed by atoms with E-state index >= 15 is 0 Å². The van der Waals surface area contributed by atoms with Crippen LogP contribution in [0.25, 0.3) is 0 Å². The fourth-order valence-electron chi connectivity index (χ4n) is 1.70. The number of aryl methyl sites for hydroxylation is 1. The largest absolute Gasteiger partial charge is 0.417 e. The zero-order chi connectivity index (χ0) is 15.6. The minimum absolute atomic E-state index is 0.150. The van der Waals surface area contributed by atoms with Gasteiger partial charge in [-0.05, 0) is 25.1 Å². The normalized spacial score (nSPS) is 11.5. The van der Waals surface area contributed by atoms with Crippen LogP contribution in [0.15, 0.2) is 28.9 Å². The van der Waals surface area contributed by atoms with Crippen molar-refractivity contribution in [3.05, 3.63) is 49.9 Å². The second-order valence-electron chi connectivity index (χ2n) is 4.22. The SMILES string of the molecule is Cc1ncc(CNC(=O)c2ccc(Br)cc2C(F)(F)F)s1. The van der Waals surface area contributed by atoms with Gasteiger partial charge in [-0.1, -0.05) is 15.9 Å². The summed E-state index contributed by atoms with van der Waals surface area (Å²) < 4.78 is 39.1. The third-order valence-corrected chi connectivity index (χ3v) is 4.03. The summed E-state index contributed by atoms with van der Waals surface area (Å²) in [6.45, 7) is 1.96. The fourth-order valence-corrected chi connectivity index (χ4v) is 2.79. The zero-order valence-corrected chi connectivity index (χ0v) is 13.2. The highest BCUT2D eigenvalue weighted by molar-refractivity contribution is 9.10. The van der Waals surface area contributed by atoms with E-state index < -0.39 is 23.2 Å². The van der Waals surface area contributed by atoms with Gasteiger partial charge >= 0.3 is 6.18 Å². The summed E-state index contributed by atoms with van der Waals surface area (Å²) in [7, 11) is 0. The molecule has 0 aliphatic carbocycles. The lowest BCUT2D eigenvalue weighted by Gasteiger charge is -2.13. The van der Waals surface area contributed by atoms with Crippen LogP contribution < -0.4 is 5.32 Å². The molecule has 0 radical (unpaired) electrons. The standard InChI is InChI=1S/C13H10BrF3N2OS/c1-7-18-5-9(21-7)6-19-12(20)10-3-2-8(14)4-11(10)13(15,16)17/h2-5H,6H2,1H3,(H,19,20). The summed E-state index contributed by atoms with van der Waals surface area (Å²) in [4.78, 5) is 16.8. The van der Waals surface area contributed by atoms with E-state index in [4.69, 9.17) is 0 Å². The van der Waals surface area contributed by atoms with Crippen molar-refractivity contribution in [3.8, 4) is 0 Å². The molecule has 0 fully saturated rings. The number of benzene rings is 1. The summed E-state index contributed by atoms with van der Waals surface area (Å²) in [6.07, 6.45) is -3.00. The Morgan fingerprint density at radius 3 is 2.71 bits per heavy atom. The molecule has 0 saturated heterocycles. The second-order valence-corrected chi connectivity index (χ2v) is 6.45. The Morgan fingerprint density at radius 2 is 2.14 bits per heavy atom. The molecule has 2 aromatic rings. The summed E-state index contributed by atoms with van der Waals surface area (Å²) >= 11 is 4.36. The van der Waals surface area contributed by atoms with Gasteiger partial charge in [-0.15, -0.1) is 11.3 Å². The van der Waals surface area contributed by atoms with E-state index in [1.165, 1.54) is 17.4 Å². The van der Waals surface area contributed by atoms with E-state index in [0.717, 1.165) is 22.0 Å². The van der Waals surface area contributed by atoms with Crippen molar-refractivity contribution in [3.63, 3.8) is 0 Å². The number of carbonyl (C=O) groups excluding carboxylic acids is 1. The van der Waals surface area contributed by atoms with Crippen molar-refractivity contribution in [2.75, 3.05) is 0 Å². The van der Waals surface area contributed by atoms with Crippen LogP contribution in [0.1, 0.15) is 25.8 Å². The third kappa shape index (κ3) is 4.04. The van der Waals surface area contributed by atoms with Crippen molar-refractivity contribution in [2.24, 2.45) is 0 Å². The molecule has 0 saturated carbocycles. The van der Waals surface area contributed by atoms with Gasteiger partial charge < -0.3 is 5.32 Å². The molecule has 1 aromatic heterocycles. The number of hydrogen-bond acceptors (Lipinski definition) is 3. The molecule has 112 valence electrons. The van der Waals surface area contributed by atoms with Crippen LogP contribution in [0.2, 0.25) is 0 Å². The maximum atomic E-state index is 12.9. The van der Waals surface area contributed by atoms with Crippen LogP contribution in [0, 0.1) is 6.92 Å². The van der Waals surface area contributed by atoms with Gasteiger partial charge in [0.05, 0.1) is 22.7 Å². The van der Waals surface area contributed by atoms with E-state index in [0.29, 0.717) is 0 Å². The number of halogens is 4. The lowest BCUT2D eigenvalue weighted by atomic mass is 10.1. The van der Waals surface area contributed by atoms with Crippen molar-refractivity contribution in [1.29, 1.82) is 0 Å². The number of rotatable bonds is 3. The fraction of sp³-hybridized carbons (Fsp3) is 0.231. The molecule has 1 aromatic carbocycles. The van der Waals surface area contributed by atoms with Crippen LogP contribution >= 0.6 is 27.3 Å². The van der Waals surface area contributed by atoms with Gasteiger partial charge in [0.15, 0.2) is 0 Å². The Kier molecular flexibility index (Phi) is 4.67. The van der Waals surface area contributed by atoms with Gasteiger partial charge in [-0.3, -0.25) is 4.79 Å². The van der Waals surface area contributed by atoms with Crippen LogP contribution in [-0.2, 0) is 12.7 Å². The van der Waals surface area contributed by atoms with E-state index in [9.17, 15) is 18.0 Å². The van der Waals surface area contributed by atoms with Crippen molar-refractivity contribution in [2.45, 2.75) is 19.6 Å². The van der Waals surface area contributed by atoms with Gasteiger partial charge in [0.25, 0.3) is 5.91 Å². The number of alkyl halides is 3. The molecular formula is C13H10BrF3N2OS. The average molecular weight is 379 g/mol. The van der Waals surface area contributed by atoms with Crippen LogP contribution in [0.3, 0.4) is 0 Å². The number of nitrogens with zero attached hydrogens (tertiary/aromatic N) is 1. The number of aromatic nitrogens is 1. The maximum absolute atomic E-state index is 12.9. The van der Waals surface area contributed by atoms with Crippen molar-refractivity contribution >= 4 is 33.2 Å². The molecule has 0 spiro atoms. The molecule has 1 N–H and O–H groups in total. The molecule has 21 heavy (non-hydrogen) atoms. The Hall–Kier alpha value is -1.41. The lowest BCUT2D eigenvalue weighted by molar-refractivity contribution is -0.138. The third-order valence-electron chi connectivity index (χ3n) is 2.62. The summed E-state index contributed by atoms with van der Waals surface area (Å²) in [5.41, 5.74) is -1.36. The first kappa shape index (κ1) is 16.0. The molecule has 0 bridgehead atoms. The molecule has 2 rings (SSSR count). The van der Waals surface area contributed by atoms with Crippen LogP contribution in [0.4, 0.5) is 13.2 Å². The molecule has 8 heteroatoms. The number of nitrogens with one attached hydrogen (secondary N) is 1. The van der Waals surface area contributed by atoms with E-state index in [1.54, 1.807) is 6.20 Å². The summed E-state index contributed by atoms with van der Waals surface area (Å²) in [5, 5.41) is 3.31. The van der Waals surface area contributed by atoms with Gasteiger partial charge in [0.1, 0.15) is 0 Å². The molecular weight excluding hydrogens is 369 g/mol. The predicted octanol–water partition coefficient (Wildman–Crippen LogP) is 4.16. The quantitative estimate of drug-likeness (QED) is 0.870. The van der Waals surface area contributed by atoms with E-state index in [1.807, 2.05) is 6.92 Å². The molecule has 3 nitrogen and oxygen atoms in total. The van der Waals surface area contributed by atoms with Crippen molar-refractivity contribution < 1.29 is 18.0 Å². The Labute approximate surface area is 131 Å². The highest BCUT2D eigenvalue weighted by Gasteiger charge is 2.35. The molecule has 1 amide bonds. The smallest absolute Gasteiger partial charge is 0.347 e. The summed E-state index contributed by atoms with van der Waals surface area (Å²) in [5.74, 6) is -0.763. The van der Waals surface area contributed by atoms with Crippen molar-refractivity contribution in [1.82, 2.24) is 10.3 Å². The molecule has 0 unspecified atom stereocenters. The van der Waals surface area contributed by atoms with Gasteiger partial charge in [-0.2, -0.15) is 13.2 Å². The minimum atomic E-state index is -4.59. The van der Waals surface area contributed by atoms with Gasteiger partial charge in [0, 0.05) is 15.5 Å². The van der Waals surface area contributed by atoms with E-state index in [2.05, 4.69) is 26.2 Å². The first-order chi connectivity index (χ1) is 9.77. The first-order valence-electron chi connectivity index (χ1n) is 5.83. The van der Waals surface area contributed by atoms with Gasteiger partial charge in [0.2, 0.25) is 0 Å². The lowest BCUT2D eigenvalue weighted by Crippen LogP contribution is -2.25. The van der Waals surface area contributed by atoms with Gasteiger partial charge in [-0.25, -0.2) is 4.98 Å². The molecule has 0 aliphatic heterocycles. The monoisotopic (exact) mass is 378 g/mol. The Balaban J connectivity index is 2.19. The molecule has 0 atom stereocenters. The summed E-state index contributed by atoms with van der Waals surface area (Å²) in [6, 6.07) is 3.45. The first-order valence-corrected chi connectivity index (χ1v) is 7.44. The van der Waals surface area contributed by atoms with E-state index in [-0.39, 0.29) is 11.0 Å². The Bertz CT molecular complexity index is 670. The number of carbonyl (C=O) groups is 1. The molecule has 0 aliphatic rings. The Morgan fingerprint density at radius 1 is 1.43 bits per heavy atom. The average Bonchev–Trinajstić information content (AvgIpc) is 2.81. The number of amides is 1. The second kappa shape index (κ2) is 6.15.